The minimum atomic E-state index is -0.217. The van der Waals surface area contributed by atoms with Crippen molar-refractivity contribution in [2.45, 2.75) is 18.9 Å². The average molecular weight is 435 g/mol. The van der Waals surface area contributed by atoms with Gasteiger partial charge in [0.05, 0.1) is 13.2 Å². The maximum Gasteiger partial charge on any atom is 0.231 e. The standard InChI is InChI=1S/C26H26FNO4/c27-22-8-6-20(7-9-22)24-12-13-28(32-16-19-4-2-1-3-5-19)15-21(24)17-29-23-10-11-25-26(14-23)31-18-30-25/h1-11,14,21,24H,12-13,15-18H2/t21-,24-/m0/s1. The average Bonchev–Trinajstić information content (AvgIpc) is 3.31. The third-order valence-electron chi connectivity index (χ3n) is 6.06. The lowest BCUT2D eigenvalue weighted by Gasteiger charge is -2.38. The van der Waals surface area contributed by atoms with Gasteiger partial charge < -0.3 is 14.2 Å². The molecule has 0 amide bonds. The van der Waals surface area contributed by atoms with Crippen molar-refractivity contribution in [1.29, 1.82) is 0 Å². The predicted molar refractivity (Wildman–Crippen MR) is 118 cm³/mol. The summed E-state index contributed by atoms with van der Waals surface area (Å²) in [5.41, 5.74) is 2.27. The maximum absolute atomic E-state index is 13.5. The summed E-state index contributed by atoms with van der Waals surface area (Å²) in [5, 5.41) is 2.03. The zero-order chi connectivity index (χ0) is 21.8. The first-order chi connectivity index (χ1) is 15.7. The molecule has 3 aromatic rings. The van der Waals surface area contributed by atoms with Crippen molar-refractivity contribution in [2.24, 2.45) is 5.92 Å². The van der Waals surface area contributed by atoms with Crippen LogP contribution in [-0.4, -0.2) is 31.6 Å². The highest BCUT2D eigenvalue weighted by molar-refractivity contribution is 5.46. The lowest BCUT2D eigenvalue weighted by atomic mass is 9.81. The highest BCUT2D eigenvalue weighted by atomic mass is 19.1. The van der Waals surface area contributed by atoms with Gasteiger partial charge in [0.1, 0.15) is 11.6 Å². The van der Waals surface area contributed by atoms with Crippen molar-refractivity contribution < 1.29 is 23.4 Å². The second-order valence-corrected chi connectivity index (χ2v) is 8.18. The zero-order valence-corrected chi connectivity index (χ0v) is 17.8. The molecule has 2 atom stereocenters. The summed E-state index contributed by atoms with van der Waals surface area (Å²) in [6.45, 7) is 2.85. The van der Waals surface area contributed by atoms with E-state index in [0.29, 0.717) is 19.0 Å². The lowest BCUT2D eigenvalue weighted by Crippen LogP contribution is -2.41. The summed E-state index contributed by atoms with van der Waals surface area (Å²) in [6, 6.07) is 22.6. The molecule has 32 heavy (non-hydrogen) atoms. The fraction of sp³-hybridized carbons (Fsp3) is 0.308. The SMILES string of the molecule is Fc1ccc([C@@H]2CCN(OCc3ccccc3)C[C@H]2COc2ccc3c(c2)OCO3)cc1. The number of rotatable bonds is 7. The number of nitrogens with zero attached hydrogens (tertiary/aromatic N) is 1. The first-order valence-electron chi connectivity index (χ1n) is 10.9. The van der Waals surface area contributed by atoms with E-state index in [0.717, 1.165) is 42.1 Å². The van der Waals surface area contributed by atoms with Gasteiger partial charge in [0.25, 0.3) is 0 Å². The van der Waals surface area contributed by atoms with Crippen LogP contribution in [0.25, 0.3) is 0 Å². The minimum absolute atomic E-state index is 0.190. The first-order valence-corrected chi connectivity index (χ1v) is 10.9. The molecular weight excluding hydrogens is 409 g/mol. The van der Waals surface area contributed by atoms with Crippen LogP contribution in [0.5, 0.6) is 17.2 Å². The van der Waals surface area contributed by atoms with Gasteiger partial charge in [-0.25, -0.2) is 4.39 Å². The maximum atomic E-state index is 13.5. The monoisotopic (exact) mass is 435 g/mol. The van der Waals surface area contributed by atoms with Crippen LogP contribution in [0.1, 0.15) is 23.5 Å². The molecular formula is C26H26FNO4. The number of halogens is 1. The Balaban J connectivity index is 1.27. The second kappa shape index (κ2) is 9.59. The topological polar surface area (TPSA) is 40.2 Å². The van der Waals surface area contributed by atoms with Crippen LogP contribution < -0.4 is 14.2 Å². The summed E-state index contributed by atoms with van der Waals surface area (Å²) in [4.78, 5) is 6.10. The molecule has 0 bridgehead atoms. The molecule has 0 aromatic heterocycles. The Morgan fingerprint density at radius 1 is 0.938 bits per heavy atom. The number of ether oxygens (including phenoxy) is 3. The highest BCUT2D eigenvalue weighted by Gasteiger charge is 2.32. The van der Waals surface area contributed by atoms with Gasteiger partial charge in [-0.2, -0.15) is 5.06 Å². The number of hydrogen-bond donors (Lipinski definition) is 0. The molecule has 1 saturated heterocycles. The molecule has 6 heteroatoms. The van der Waals surface area contributed by atoms with Crippen molar-refractivity contribution in [3.63, 3.8) is 0 Å². The Morgan fingerprint density at radius 2 is 1.75 bits per heavy atom. The van der Waals surface area contributed by atoms with E-state index in [9.17, 15) is 4.39 Å². The van der Waals surface area contributed by atoms with Gasteiger partial charge in [-0.05, 0) is 47.7 Å². The molecule has 0 unspecified atom stereocenters. The highest BCUT2D eigenvalue weighted by Crippen LogP contribution is 2.37. The van der Waals surface area contributed by atoms with Crippen LogP contribution in [-0.2, 0) is 11.4 Å². The molecule has 5 nitrogen and oxygen atoms in total. The summed E-state index contributed by atoms with van der Waals surface area (Å²) in [6.07, 6.45) is 0.912. The molecule has 3 aromatic carbocycles. The van der Waals surface area contributed by atoms with Gasteiger partial charge in [-0.3, -0.25) is 4.84 Å². The Morgan fingerprint density at radius 3 is 2.59 bits per heavy atom. The molecule has 166 valence electrons. The molecule has 0 aliphatic carbocycles. The number of benzene rings is 3. The van der Waals surface area contributed by atoms with Crippen molar-refractivity contribution in [2.75, 3.05) is 26.5 Å². The second-order valence-electron chi connectivity index (χ2n) is 8.18. The molecule has 5 rings (SSSR count). The Hall–Kier alpha value is -3.09. The van der Waals surface area contributed by atoms with Crippen molar-refractivity contribution >= 4 is 0 Å². The van der Waals surface area contributed by atoms with Gasteiger partial charge >= 0.3 is 0 Å². The van der Waals surface area contributed by atoms with Crippen LogP contribution in [0.2, 0.25) is 0 Å². The van der Waals surface area contributed by atoms with Crippen molar-refractivity contribution in [3.8, 4) is 17.2 Å². The lowest BCUT2D eigenvalue weighted by molar-refractivity contribution is -0.192. The van der Waals surface area contributed by atoms with Crippen LogP contribution in [0.3, 0.4) is 0 Å². The summed E-state index contributed by atoms with van der Waals surface area (Å²) >= 11 is 0. The minimum Gasteiger partial charge on any atom is -0.493 e. The van der Waals surface area contributed by atoms with E-state index in [1.165, 1.54) is 12.1 Å². The van der Waals surface area contributed by atoms with Crippen LogP contribution >= 0.6 is 0 Å². The smallest absolute Gasteiger partial charge is 0.231 e. The molecule has 0 N–H and O–H groups in total. The van der Waals surface area contributed by atoms with Gasteiger partial charge in [0, 0.05) is 25.1 Å². The summed E-state index contributed by atoms with van der Waals surface area (Å²) in [7, 11) is 0. The van der Waals surface area contributed by atoms with E-state index >= 15 is 0 Å². The molecule has 2 aliphatic heterocycles. The van der Waals surface area contributed by atoms with E-state index in [1.807, 2.05) is 53.6 Å². The third-order valence-corrected chi connectivity index (χ3v) is 6.06. The summed E-state index contributed by atoms with van der Waals surface area (Å²) in [5.74, 6) is 2.42. The van der Waals surface area contributed by atoms with Gasteiger partial charge in [0.15, 0.2) is 11.5 Å². The largest absolute Gasteiger partial charge is 0.493 e. The number of hydroxylamine groups is 2. The number of fused-ring (bicyclic) bond motifs is 1. The molecule has 0 saturated carbocycles. The van der Waals surface area contributed by atoms with E-state index in [1.54, 1.807) is 0 Å². The first kappa shape index (κ1) is 20.8. The predicted octanol–water partition coefficient (Wildman–Crippen LogP) is 5.17. The molecule has 2 heterocycles. The molecule has 0 spiro atoms. The van der Waals surface area contributed by atoms with E-state index in [-0.39, 0.29) is 24.4 Å². The molecule has 1 fully saturated rings. The third kappa shape index (κ3) is 4.87. The Labute approximate surface area is 187 Å². The quantitative estimate of drug-likeness (QED) is 0.512. The van der Waals surface area contributed by atoms with Crippen LogP contribution in [0, 0.1) is 11.7 Å². The Kier molecular flexibility index (Phi) is 6.23. The van der Waals surface area contributed by atoms with Crippen molar-refractivity contribution in [1.82, 2.24) is 5.06 Å². The fourth-order valence-corrected chi connectivity index (χ4v) is 4.34. The molecule has 0 radical (unpaired) electrons. The molecule has 2 aliphatic rings. The summed E-state index contributed by atoms with van der Waals surface area (Å²) < 4.78 is 30.5. The van der Waals surface area contributed by atoms with Crippen molar-refractivity contribution in [3.05, 3.63) is 89.7 Å². The van der Waals surface area contributed by atoms with Crippen LogP contribution in [0.15, 0.2) is 72.8 Å². The van der Waals surface area contributed by atoms with Gasteiger partial charge in [-0.1, -0.05) is 42.5 Å². The van der Waals surface area contributed by atoms with Gasteiger partial charge in [-0.15, -0.1) is 0 Å². The van der Waals surface area contributed by atoms with E-state index in [4.69, 9.17) is 19.0 Å². The fourth-order valence-electron chi connectivity index (χ4n) is 4.34. The van der Waals surface area contributed by atoms with Gasteiger partial charge in [0.2, 0.25) is 6.79 Å². The number of piperidine rings is 1. The van der Waals surface area contributed by atoms with Crippen LogP contribution in [0.4, 0.5) is 4.39 Å². The van der Waals surface area contributed by atoms with E-state index < -0.39 is 0 Å². The number of hydrogen-bond acceptors (Lipinski definition) is 5. The van der Waals surface area contributed by atoms with E-state index in [2.05, 4.69) is 12.1 Å². The normalized spacial score (nSPS) is 20.3. The zero-order valence-electron chi connectivity index (χ0n) is 17.8. The Bertz CT molecular complexity index is 1030.